The Morgan fingerprint density at radius 3 is 1.86 bits per heavy atom. The summed E-state index contributed by atoms with van der Waals surface area (Å²) in [5, 5.41) is 14.4. The number of carboxylic acids is 1. The molecule has 0 rings (SSSR count). The molecule has 28 heavy (non-hydrogen) atoms. The highest BCUT2D eigenvalue weighted by Gasteiger charge is 2.27. The molecule has 0 fully saturated rings. The average Bonchev–Trinajstić information content (AvgIpc) is 2.64. The second kappa shape index (κ2) is 15.4. The number of amides is 2. The molecule has 0 heterocycles. The highest BCUT2D eigenvalue weighted by atomic mass is 32.2. The van der Waals surface area contributed by atoms with E-state index in [4.69, 9.17) is 17.2 Å². The molecule has 0 radical (unpaired) electrons. The van der Waals surface area contributed by atoms with Crippen LogP contribution >= 0.6 is 0 Å². The lowest BCUT2D eigenvalue weighted by molar-refractivity contribution is -0.142. The number of nitrogens with one attached hydrogen (secondary N) is 2. The molecule has 11 heteroatoms. The van der Waals surface area contributed by atoms with Crippen LogP contribution in [-0.4, -0.2) is 70.3 Å². The van der Waals surface area contributed by atoms with Gasteiger partial charge >= 0.3 is 5.97 Å². The Morgan fingerprint density at radius 1 is 0.893 bits per heavy atom. The van der Waals surface area contributed by atoms with Crippen molar-refractivity contribution in [2.45, 2.75) is 63.1 Å². The maximum Gasteiger partial charge on any atom is 0.326 e. The predicted molar refractivity (Wildman–Crippen MR) is 109 cm³/mol. The number of carbonyl (C=O) groups excluding carboxylic acids is 2. The van der Waals surface area contributed by atoms with Gasteiger partial charge in [-0.2, -0.15) is 0 Å². The first kappa shape index (κ1) is 26.4. The zero-order valence-electron chi connectivity index (χ0n) is 16.5. The third kappa shape index (κ3) is 12.0. The highest BCUT2D eigenvalue weighted by molar-refractivity contribution is 7.84. The van der Waals surface area contributed by atoms with Crippen molar-refractivity contribution < 1.29 is 23.7 Å². The predicted octanol–water partition coefficient (Wildman–Crippen LogP) is -1.61. The van der Waals surface area contributed by atoms with Gasteiger partial charge in [0.15, 0.2) is 0 Å². The van der Waals surface area contributed by atoms with Crippen LogP contribution < -0.4 is 27.8 Å². The summed E-state index contributed by atoms with van der Waals surface area (Å²) in [7, 11) is -1.07. The van der Waals surface area contributed by atoms with Crippen molar-refractivity contribution >= 4 is 28.6 Å². The standard InChI is InChI=1S/C17H35N5O5S/c1-28(27)11-8-12(20)15(23)21-13(6-2-4-9-18)16(24)22-14(17(25)26)7-3-5-10-19/h12-14H,2-11,18-20H2,1H3,(H,21,23)(H,22,24)(H,25,26). The number of nitrogens with two attached hydrogens (primary N) is 3. The van der Waals surface area contributed by atoms with Crippen molar-refractivity contribution in [3.63, 3.8) is 0 Å². The van der Waals surface area contributed by atoms with Gasteiger partial charge in [-0.3, -0.25) is 13.8 Å². The molecule has 0 aliphatic carbocycles. The molecule has 0 spiro atoms. The third-order valence-electron chi connectivity index (χ3n) is 4.19. The lowest BCUT2D eigenvalue weighted by Gasteiger charge is -2.23. The molecule has 2 amide bonds. The first-order chi connectivity index (χ1) is 13.2. The molecular weight excluding hydrogens is 386 g/mol. The fourth-order valence-corrected chi connectivity index (χ4v) is 3.07. The minimum atomic E-state index is -1.14. The van der Waals surface area contributed by atoms with Crippen LogP contribution in [0.5, 0.6) is 0 Å². The Morgan fingerprint density at radius 2 is 1.39 bits per heavy atom. The van der Waals surface area contributed by atoms with Crippen molar-refractivity contribution in [1.82, 2.24) is 10.6 Å². The summed E-state index contributed by atoms with van der Waals surface area (Å²) in [6.07, 6.45) is 4.79. The van der Waals surface area contributed by atoms with Crippen molar-refractivity contribution in [2.24, 2.45) is 17.2 Å². The third-order valence-corrected chi connectivity index (χ3v) is 5.01. The monoisotopic (exact) mass is 421 g/mol. The number of carboxylic acid groups (broad SMARTS) is 1. The van der Waals surface area contributed by atoms with Gasteiger partial charge in [0.05, 0.1) is 6.04 Å². The van der Waals surface area contributed by atoms with Gasteiger partial charge in [-0.15, -0.1) is 0 Å². The molecule has 0 aromatic rings. The summed E-state index contributed by atoms with van der Waals surface area (Å²) >= 11 is 0. The normalized spacial score (nSPS) is 15.3. The first-order valence-corrected chi connectivity index (χ1v) is 11.2. The highest BCUT2D eigenvalue weighted by Crippen LogP contribution is 2.06. The Bertz CT molecular complexity index is 520. The average molecular weight is 422 g/mol. The Balaban J connectivity index is 4.93. The summed E-state index contributed by atoms with van der Waals surface area (Å²) in [4.78, 5) is 36.2. The van der Waals surface area contributed by atoms with Crippen LogP contribution in [0.15, 0.2) is 0 Å². The summed E-state index contributed by atoms with van der Waals surface area (Å²) < 4.78 is 11.2. The molecule has 4 atom stereocenters. The number of unbranched alkanes of at least 4 members (excludes halogenated alkanes) is 2. The fourth-order valence-electron chi connectivity index (χ4n) is 2.49. The van der Waals surface area contributed by atoms with E-state index >= 15 is 0 Å². The summed E-state index contributed by atoms with van der Waals surface area (Å²) in [5.74, 6) is -1.97. The SMILES string of the molecule is CS(=O)CCC(N)C(=O)NC(CCCCN)C(=O)NC(CCCCN)C(=O)O. The van der Waals surface area contributed by atoms with Crippen molar-refractivity contribution in [3.8, 4) is 0 Å². The van der Waals surface area contributed by atoms with Gasteiger partial charge in [0.25, 0.3) is 0 Å². The molecule has 0 aromatic carbocycles. The number of hydrogen-bond acceptors (Lipinski definition) is 7. The molecule has 10 nitrogen and oxygen atoms in total. The molecule has 4 unspecified atom stereocenters. The van der Waals surface area contributed by atoms with Crippen LogP contribution in [0.3, 0.4) is 0 Å². The van der Waals surface area contributed by atoms with Gasteiger partial charge in [0.2, 0.25) is 11.8 Å². The zero-order valence-corrected chi connectivity index (χ0v) is 17.3. The Labute approximate surface area is 168 Å². The molecule has 0 saturated carbocycles. The summed E-state index contributed by atoms with van der Waals surface area (Å²) in [6.45, 7) is 0.888. The lowest BCUT2D eigenvalue weighted by Crippen LogP contribution is -2.54. The maximum absolute atomic E-state index is 12.6. The van der Waals surface area contributed by atoms with Crippen LogP contribution in [-0.2, 0) is 25.2 Å². The Kier molecular flexibility index (Phi) is 14.5. The number of hydrogen-bond donors (Lipinski definition) is 6. The molecular formula is C17H35N5O5S. The van der Waals surface area contributed by atoms with Crippen molar-refractivity contribution in [1.29, 1.82) is 0 Å². The molecule has 0 aliphatic heterocycles. The second-order valence-corrected chi connectivity index (χ2v) is 8.26. The van der Waals surface area contributed by atoms with Gasteiger partial charge in [-0.1, -0.05) is 0 Å². The van der Waals surface area contributed by atoms with Gasteiger partial charge < -0.3 is 32.9 Å². The number of aliphatic carboxylic acids is 1. The van der Waals surface area contributed by atoms with E-state index in [-0.39, 0.29) is 18.6 Å². The van der Waals surface area contributed by atoms with Gasteiger partial charge in [-0.25, -0.2) is 4.79 Å². The van der Waals surface area contributed by atoms with E-state index in [0.29, 0.717) is 45.2 Å². The zero-order chi connectivity index (χ0) is 21.5. The number of rotatable bonds is 16. The topological polar surface area (TPSA) is 191 Å². The van der Waals surface area contributed by atoms with E-state index in [1.807, 2.05) is 0 Å². The second-order valence-electron chi connectivity index (χ2n) is 6.70. The lowest BCUT2D eigenvalue weighted by atomic mass is 10.1. The summed E-state index contributed by atoms with van der Waals surface area (Å²) in [6, 6.07) is -2.86. The van der Waals surface area contributed by atoms with Crippen LogP contribution in [0.1, 0.15) is 44.9 Å². The Hall–Kier alpha value is -1.56. The molecule has 164 valence electrons. The fraction of sp³-hybridized carbons (Fsp3) is 0.824. The van der Waals surface area contributed by atoms with Crippen LogP contribution in [0.4, 0.5) is 0 Å². The van der Waals surface area contributed by atoms with Gasteiger partial charge in [0, 0.05) is 22.8 Å². The van der Waals surface area contributed by atoms with Crippen LogP contribution in [0.25, 0.3) is 0 Å². The minimum absolute atomic E-state index is 0.225. The van der Waals surface area contributed by atoms with Gasteiger partial charge in [0.1, 0.15) is 12.1 Å². The minimum Gasteiger partial charge on any atom is -0.480 e. The quantitative estimate of drug-likeness (QED) is 0.160. The molecule has 0 aliphatic rings. The molecule has 0 aromatic heterocycles. The maximum atomic E-state index is 12.6. The van der Waals surface area contributed by atoms with E-state index in [0.717, 1.165) is 0 Å². The van der Waals surface area contributed by atoms with Gasteiger partial charge in [-0.05, 0) is 58.0 Å². The molecule has 0 saturated heterocycles. The summed E-state index contributed by atoms with van der Waals surface area (Å²) in [5.41, 5.74) is 16.7. The smallest absolute Gasteiger partial charge is 0.326 e. The van der Waals surface area contributed by atoms with Crippen molar-refractivity contribution in [2.75, 3.05) is 25.1 Å². The van der Waals surface area contributed by atoms with Crippen LogP contribution in [0, 0.1) is 0 Å². The van der Waals surface area contributed by atoms with E-state index in [1.54, 1.807) is 0 Å². The van der Waals surface area contributed by atoms with E-state index in [1.165, 1.54) is 6.26 Å². The van der Waals surface area contributed by atoms with E-state index in [9.17, 15) is 23.7 Å². The molecule has 9 N–H and O–H groups in total. The number of carbonyl (C=O) groups is 3. The first-order valence-electron chi connectivity index (χ1n) is 9.52. The van der Waals surface area contributed by atoms with E-state index in [2.05, 4.69) is 10.6 Å². The van der Waals surface area contributed by atoms with Crippen molar-refractivity contribution in [3.05, 3.63) is 0 Å². The van der Waals surface area contributed by atoms with E-state index < -0.39 is 46.7 Å². The largest absolute Gasteiger partial charge is 0.480 e. The van der Waals surface area contributed by atoms with Crippen LogP contribution in [0.2, 0.25) is 0 Å². The molecule has 0 bridgehead atoms.